The molecule has 0 saturated heterocycles. The highest BCUT2D eigenvalue weighted by Gasteiger charge is 2.24. The summed E-state index contributed by atoms with van der Waals surface area (Å²) in [6, 6.07) is 19.6. The molecule has 0 atom stereocenters. The summed E-state index contributed by atoms with van der Waals surface area (Å²) < 4.78 is 2.11. The van der Waals surface area contributed by atoms with Crippen LogP contribution in [0.5, 0.6) is 0 Å². The molecule has 0 N–H and O–H groups in total. The van der Waals surface area contributed by atoms with E-state index >= 15 is 0 Å². The van der Waals surface area contributed by atoms with Gasteiger partial charge in [0.25, 0.3) is 0 Å². The fraction of sp³-hybridized carbons (Fsp3) is 0.263. The summed E-state index contributed by atoms with van der Waals surface area (Å²) in [5.41, 5.74) is 2.66. The number of nitrogens with zero attached hydrogens (tertiary/aromatic N) is 2. The normalized spacial score (nSPS) is 12.1. The lowest BCUT2D eigenvalue weighted by molar-refractivity contribution is 0.100. The molecule has 2 aromatic rings. The van der Waals surface area contributed by atoms with Crippen molar-refractivity contribution in [2.24, 2.45) is 5.10 Å². The Labute approximate surface area is 139 Å². The van der Waals surface area contributed by atoms with Gasteiger partial charge in [0, 0.05) is 17.0 Å². The van der Waals surface area contributed by atoms with E-state index in [2.05, 4.69) is 36.4 Å². The van der Waals surface area contributed by atoms with Gasteiger partial charge in [-0.3, -0.25) is 9.47 Å². The molecule has 0 heterocycles. The lowest BCUT2D eigenvalue weighted by atomic mass is 10.1. The number of carbonyl (C=O) groups excluding carboxylic acids is 1. The van der Waals surface area contributed by atoms with Crippen LogP contribution in [0, 0.1) is 0 Å². The van der Waals surface area contributed by atoms with Crippen molar-refractivity contribution in [1.82, 2.24) is 0 Å². The molecule has 3 nitrogen and oxygen atoms in total. The fourth-order valence-corrected chi connectivity index (χ4v) is 3.72. The van der Waals surface area contributed by atoms with Crippen LogP contribution in [0.4, 0.5) is 5.69 Å². The van der Waals surface area contributed by atoms with Crippen molar-refractivity contribution in [3.05, 3.63) is 66.2 Å². The maximum absolute atomic E-state index is 12.3. The first-order valence-electron chi connectivity index (χ1n) is 7.85. The van der Waals surface area contributed by atoms with Crippen molar-refractivity contribution in [1.29, 1.82) is 0 Å². The Morgan fingerprint density at radius 2 is 1.48 bits per heavy atom. The van der Waals surface area contributed by atoms with Gasteiger partial charge in [-0.2, -0.15) is 5.10 Å². The molecule has 2 rings (SSSR count). The van der Waals surface area contributed by atoms with Gasteiger partial charge in [-0.15, -0.1) is 0 Å². The third-order valence-corrected chi connectivity index (χ3v) is 5.05. The van der Waals surface area contributed by atoms with Crippen LogP contribution in [0.2, 0.25) is 19.6 Å². The van der Waals surface area contributed by atoms with Crippen molar-refractivity contribution in [3.8, 4) is 0 Å². The third kappa shape index (κ3) is 4.89. The Kier molecular flexibility index (Phi) is 5.50. The van der Waals surface area contributed by atoms with Gasteiger partial charge in [-0.25, -0.2) is 0 Å². The maximum Gasteiger partial charge on any atom is 0.176 e. The molecule has 0 spiro atoms. The second kappa shape index (κ2) is 7.37. The molecule has 120 valence electrons. The minimum absolute atomic E-state index is 0.107. The Morgan fingerprint density at radius 1 is 0.957 bits per heavy atom. The molecule has 4 heteroatoms. The number of carbonyl (C=O) groups is 1. The number of benzene rings is 2. The minimum Gasteiger partial charge on any atom is -0.295 e. The van der Waals surface area contributed by atoms with Crippen LogP contribution < -0.4 is 4.67 Å². The lowest BCUT2D eigenvalue weighted by Gasteiger charge is -2.32. The van der Waals surface area contributed by atoms with Crippen molar-refractivity contribution < 1.29 is 4.79 Å². The highest BCUT2D eigenvalue weighted by Crippen LogP contribution is 2.22. The molecule has 2 aromatic carbocycles. The summed E-state index contributed by atoms with van der Waals surface area (Å²) in [6.45, 7) is 8.66. The molecule has 0 unspecified atom stereocenters. The average molecular weight is 325 g/mol. The quantitative estimate of drug-likeness (QED) is 0.325. The van der Waals surface area contributed by atoms with Gasteiger partial charge in [0.2, 0.25) is 0 Å². The zero-order valence-electron chi connectivity index (χ0n) is 14.3. The first-order chi connectivity index (χ1) is 10.9. The molecule has 0 fully saturated rings. The van der Waals surface area contributed by atoms with Crippen molar-refractivity contribution in [3.63, 3.8) is 0 Å². The van der Waals surface area contributed by atoms with E-state index in [-0.39, 0.29) is 5.78 Å². The van der Waals surface area contributed by atoms with Gasteiger partial charge in [0.15, 0.2) is 14.0 Å². The average Bonchev–Trinajstić information content (AvgIpc) is 2.53. The van der Waals surface area contributed by atoms with Crippen LogP contribution in [-0.2, 0) is 0 Å². The van der Waals surface area contributed by atoms with Crippen LogP contribution >= 0.6 is 0 Å². The van der Waals surface area contributed by atoms with E-state index in [0.29, 0.717) is 6.42 Å². The summed E-state index contributed by atoms with van der Waals surface area (Å²) in [5.74, 6) is 0.107. The van der Waals surface area contributed by atoms with E-state index in [0.717, 1.165) is 17.0 Å². The number of anilines is 1. The van der Waals surface area contributed by atoms with Gasteiger partial charge in [0.05, 0.1) is 6.42 Å². The van der Waals surface area contributed by atoms with E-state index in [1.807, 2.05) is 55.5 Å². The Balaban J connectivity index is 2.21. The van der Waals surface area contributed by atoms with E-state index in [4.69, 9.17) is 5.10 Å². The number of ketones is 1. The van der Waals surface area contributed by atoms with Crippen molar-refractivity contribution >= 4 is 25.4 Å². The Morgan fingerprint density at radius 3 is 2.00 bits per heavy atom. The molecule has 0 aliphatic heterocycles. The fourth-order valence-electron chi connectivity index (χ4n) is 2.33. The zero-order chi connectivity index (χ0) is 16.9. The zero-order valence-corrected chi connectivity index (χ0v) is 15.3. The number of hydrazone groups is 1. The maximum atomic E-state index is 12.3. The van der Waals surface area contributed by atoms with Crippen LogP contribution in [0.1, 0.15) is 23.7 Å². The molecule has 0 aliphatic carbocycles. The summed E-state index contributed by atoms with van der Waals surface area (Å²) >= 11 is 0. The number of para-hydroxylation sites is 1. The van der Waals surface area contributed by atoms with Crippen LogP contribution in [0.15, 0.2) is 65.8 Å². The topological polar surface area (TPSA) is 32.7 Å². The Bertz CT molecular complexity index is 676. The van der Waals surface area contributed by atoms with Crippen molar-refractivity contribution in [2.45, 2.75) is 33.0 Å². The van der Waals surface area contributed by atoms with Gasteiger partial charge < -0.3 is 0 Å². The molecule has 0 saturated carbocycles. The molecule has 0 aliphatic rings. The summed E-state index contributed by atoms with van der Waals surface area (Å²) in [6.07, 6.45) is 0.345. The lowest BCUT2D eigenvalue weighted by Crippen LogP contribution is -2.43. The van der Waals surface area contributed by atoms with Gasteiger partial charge >= 0.3 is 0 Å². The standard InChI is InChI=1S/C19H24N2OSi/c1-16(15-19(22)17-11-7-5-8-12-17)20-21(23(2,3)4)18-13-9-6-10-14-18/h5-14H,15H2,1-4H3/b20-16+. The second-order valence-corrected chi connectivity index (χ2v) is 11.4. The van der Waals surface area contributed by atoms with Gasteiger partial charge in [0.1, 0.15) is 0 Å². The highest BCUT2D eigenvalue weighted by atomic mass is 28.3. The predicted molar refractivity (Wildman–Crippen MR) is 101 cm³/mol. The first kappa shape index (κ1) is 17.2. The van der Waals surface area contributed by atoms with E-state index in [1.54, 1.807) is 0 Å². The SMILES string of the molecule is C/C(CC(=O)c1ccccc1)=N\N(c1ccccc1)[Si](C)(C)C. The molecular weight excluding hydrogens is 300 g/mol. The number of Topliss-reactive ketones (excluding diaryl/α,β-unsaturated/α-hetero) is 1. The molecule has 0 amide bonds. The van der Waals surface area contributed by atoms with Gasteiger partial charge in [-0.05, 0) is 38.7 Å². The molecule has 0 aromatic heterocycles. The van der Waals surface area contributed by atoms with E-state index in [9.17, 15) is 4.79 Å². The number of hydrogen-bond donors (Lipinski definition) is 0. The van der Waals surface area contributed by atoms with E-state index < -0.39 is 8.24 Å². The van der Waals surface area contributed by atoms with Crippen LogP contribution in [0.25, 0.3) is 0 Å². The summed E-state index contributed by atoms with van der Waals surface area (Å²) in [7, 11) is -1.69. The molecule has 0 bridgehead atoms. The van der Waals surface area contributed by atoms with Crippen LogP contribution in [-0.4, -0.2) is 19.7 Å². The van der Waals surface area contributed by atoms with Crippen LogP contribution in [0.3, 0.4) is 0 Å². The largest absolute Gasteiger partial charge is 0.295 e. The smallest absolute Gasteiger partial charge is 0.176 e. The first-order valence-corrected chi connectivity index (χ1v) is 11.3. The predicted octanol–water partition coefficient (Wildman–Crippen LogP) is 4.98. The number of hydrogen-bond acceptors (Lipinski definition) is 3. The molecule has 23 heavy (non-hydrogen) atoms. The van der Waals surface area contributed by atoms with E-state index in [1.165, 1.54) is 0 Å². The Hall–Kier alpha value is -2.20. The minimum atomic E-state index is -1.69. The number of rotatable bonds is 6. The monoisotopic (exact) mass is 324 g/mol. The summed E-state index contributed by atoms with van der Waals surface area (Å²) in [4.78, 5) is 12.3. The third-order valence-electron chi connectivity index (χ3n) is 3.42. The highest BCUT2D eigenvalue weighted by molar-refractivity contribution is 6.79. The van der Waals surface area contributed by atoms with Gasteiger partial charge in [-0.1, -0.05) is 48.5 Å². The molecular formula is C19H24N2OSi. The molecule has 0 radical (unpaired) electrons. The summed E-state index contributed by atoms with van der Waals surface area (Å²) in [5, 5.41) is 4.77. The van der Waals surface area contributed by atoms with Crippen molar-refractivity contribution in [2.75, 3.05) is 4.67 Å². The second-order valence-electron chi connectivity index (χ2n) is 6.62.